The number of anilines is 3. The lowest BCUT2D eigenvalue weighted by Crippen LogP contribution is -2.38. The molecule has 230 valence electrons. The van der Waals surface area contributed by atoms with Crippen molar-refractivity contribution in [3.8, 4) is 5.75 Å². The van der Waals surface area contributed by atoms with Crippen LogP contribution in [0, 0.1) is 6.92 Å². The lowest BCUT2D eigenvalue weighted by Gasteiger charge is -2.25. The lowest BCUT2D eigenvalue weighted by atomic mass is 9.96. The maximum atomic E-state index is 13.5. The molecule has 0 bridgehead atoms. The summed E-state index contributed by atoms with van der Waals surface area (Å²) in [6, 6.07) is 4.89. The van der Waals surface area contributed by atoms with Gasteiger partial charge in [0.05, 0.1) is 43.2 Å². The average Bonchev–Trinajstić information content (AvgIpc) is 3.32. The molecular formula is C24H25F6N5O6S. The Balaban J connectivity index is 2.07. The van der Waals surface area contributed by atoms with Gasteiger partial charge in [-0.25, -0.2) is 13.2 Å². The number of hydrazine groups is 2. The highest BCUT2D eigenvalue weighted by atomic mass is 32.2. The summed E-state index contributed by atoms with van der Waals surface area (Å²) in [5.74, 6) is -6.21. The molecule has 0 radical (unpaired) electrons. The molecule has 3 rings (SSSR count). The van der Waals surface area contributed by atoms with Crippen LogP contribution in [0.5, 0.6) is 5.75 Å². The van der Waals surface area contributed by atoms with E-state index in [2.05, 4.69) is 16.3 Å². The number of benzene rings is 2. The molecule has 42 heavy (non-hydrogen) atoms. The van der Waals surface area contributed by atoms with E-state index in [0.717, 1.165) is 7.11 Å². The first-order valence-corrected chi connectivity index (χ1v) is 13.7. The number of halogens is 6. The largest absolute Gasteiger partial charge is 0.492 e. The number of aryl methyl sites for hydroxylation is 1. The third-order valence-corrected chi connectivity index (χ3v) is 6.23. The summed E-state index contributed by atoms with van der Waals surface area (Å²) in [6.07, 6.45) is -9.66. The molecule has 0 fully saturated rings. The van der Waals surface area contributed by atoms with Gasteiger partial charge in [0.25, 0.3) is 5.91 Å². The maximum absolute atomic E-state index is 13.5. The normalized spacial score (nSPS) is 13.9. The van der Waals surface area contributed by atoms with E-state index < -0.39 is 62.9 Å². The molecule has 1 amide bonds. The Bertz CT molecular complexity index is 1500. The van der Waals surface area contributed by atoms with Gasteiger partial charge in [-0.2, -0.15) is 26.3 Å². The Kier molecular flexibility index (Phi) is 9.21. The number of carbonyl (C=O) groups excluding carboxylic acids is 2. The average molecular weight is 626 g/mol. The van der Waals surface area contributed by atoms with Crippen LogP contribution in [0.1, 0.15) is 34.3 Å². The van der Waals surface area contributed by atoms with Gasteiger partial charge in [0, 0.05) is 5.56 Å². The van der Waals surface area contributed by atoms with Crippen LogP contribution in [0.2, 0.25) is 0 Å². The van der Waals surface area contributed by atoms with E-state index in [1.807, 2.05) is 4.72 Å². The highest BCUT2D eigenvalue weighted by molar-refractivity contribution is 7.92. The molecule has 11 nitrogen and oxygen atoms in total. The van der Waals surface area contributed by atoms with Crippen molar-refractivity contribution in [3.05, 3.63) is 58.9 Å². The number of nitrogens with zero attached hydrogens (tertiary/aromatic N) is 1. The van der Waals surface area contributed by atoms with Gasteiger partial charge < -0.3 is 14.8 Å². The van der Waals surface area contributed by atoms with Crippen LogP contribution in [0.4, 0.5) is 43.4 Å². The number of alkyl halides is 6. The van der Waals surface area contributed by atoms with Crippen LogP contribution in [0.25, 0.3) is 0 Å². The van der Waals surface area contributed by atoms with Crippen LogP contribution >= 0.6 is 0 Å². The number of nitrogens with one attached hydrogen (secondary N) is 4. The topological polar surface area (TPSA) is 138 Å². The summed E-state index contributed by atoms with van der Waals surface area (Å²) in [4.78, 5) is 25.2. The predicted octanol–water partition coefficient (Wildman–Crippen LogP) is 4.07. The number of hydrogen-bond donors (Lipinski definition) is 4. The molecule has 4 N–H and O–H groups in total. The monoisotopic (exact) mass is 625 g/mol. The molecule has 18 heteroatoms. The van der Waals surface area contributed by atoms with Crippen LogP contribution in [-0.4, -0.2) is 52.6 Å². The molecular weight excluding hydrogens is 600 g/mol. The quantitative estimate of drug-likeness (QED) is 0.240. The van der Waals surface area contributed by atoms with Gasteiger partial charge in [0.15, 0.2) is 17.4 Å². The zero-order valence-corrected chi connectivity index (χ0v) is 23.1. The molecule has 0 unspecified atom stereocenters. The third kappa shape index (κ3) is 7.55. The van der Waals surface area contributed by atoms with Gasteiger partial charge in [-0.15, -0.1) is 5.53 Å². The van der Waals surface area contributed by atoms with Gasteiger partial charge in [-0.3, -0.25) is 20.0 Å². The van der Waals surface area contributed by atoms with Crippen LogP contribution < -0.4 is 30.7 Å². The van der Waals surface area contributed by atoms with Gasteiger partial charge in [0.2, 0.25) is 10.0 Å². The number of rotatable bonds is 9. The van der Waals surface area contributed by atoms with E-state index in [1.165, 1.54) is 29.4 Å². The molecule has 1 aliphatic heterocycles. The summed E-state index contributed by atoms with van der Waals surface area (Å²) < 4.78 is 117. The standard InChI is InChI=1S/C24H25F6N5O6S/c1-5-41-22(37)17-11-35(34-32-17)18-10-13(7-6-12(18)2)21(36)31-15-8-14(20(23(25,26)27)24(28,29)30)9-16(19(15)40-3)33-42(4,38)39/h6-11,20,32-34H,5H2,1-4H3,(H,31,36). The molecule has 0 spiro atoms. The van der Waals surface area contributed by atoms with Gasteiger partial charge in [-0.05, 0) is 49.2 Å². The summed E-state index contributed by atoms with van der Waals surface area (Å²) in [7, 11) is -3.24. The summed E-state index contributed by atoms with van der Waals surface area (Å²) >= 11 is 0. The van der Waals surface area contributed by atoms with Gasteiger partial charge in [0.1, 0.15) is 0 Å². The van der Waals surface area contributed by atoms with Crippen molar-refractivity contribution in [2.75, 3.05) is 35.0 Å². The number of hydrogen-bond acceptors (Lipinski definition) is 9. The van der Waals surface area contributed by atoms with Crippen molar-refractivity contribution < 1.29 is 53.8 Å². The SMILES string of the molecule is CCOC(=O)C1=CN(c2cc(C(=O)Nc3cc(C(C(F)(F)F)C(F)(F)F)cc(NS(C)(=O)=O)c3OC)ccc2C)NN1. The molecule has 2 aromatic rings. The van der Waals surface area contributed by atoms with Crippen LogP contribution in [-0.2, 0) is 19.6 Å². The number of amides is 1. The van der Waals surface area contributed by atoms with Gasteiger partial charge >= 0.3 is 18.3 Å². The number of carbonyl (C=O) groups is 2. The van der Waals surface area contributed by atoms with Crippen LogP contribution in [0.3, 0.4) is 0 Å². The number of ether oxygens (including phenoxy) is 2. The highest BCUT2D eigenvalue weighted by Crippen LogP contribution is 2.49. The molecule has 0 saturated carbocycles. The predicted molar refractivity (Wildman–Crippen MR) is 139 cm³/mol. The van der Waals surface area contributed by atoms with Crippen molar-refractivity contribution in [1.82, 2.24) is 11.0 Å². The summed E-state index contributed by atoms with van der Waals surface area (Å²) in [5.41, 5.74) is 3.31. The number of methoxy groups -OCH3 is 1. The molecule has 1 aliphatic rings. The van der Waals surface area contributed by atoms with E-state index in [0.29, 0.717) is 29.6 Å². The first-order chi connectivity index (χ1) is 19.4. The Morgan fingerprint density at radius 3 is 2.21 bits per heavy atom. The molecule has 1 heterocycles. The Morgan fingerprint density at radius 1 is 1.05 bits per heavy atom. The Hall–Kier alpha value is -4.19. The van der Waals surface area contributed by atoms with Crippen LogP contribution in [0.15, 0.2) is 42.2 Å². The van der Waals surface area contributed by atoms with E-state index in [9.17, 15) is 44.3 Å². The van der Waals surface area contributed by atoms with Gasteiger partial charge in [-0.1, -0.05) is 6.07 Å². The molecule has 0 atom stereocenters. The molecule has 0 saturated heterocycles. The third-order valence-electron chi connectivity index (χ3n) is 5.64. The number of esters is 1. The Morgan fingerprint density at radius 2 is 1.67 bits per heavy atom. The molecule has 2 aromatic carbocycles. The van der Waals surface area contributed by atoms with E-state index in [-0.39, 0.29) is 17.9 Å². The summed E-state index contributed by atoms with van der Waals surface area (Å²) in [6.45, 7) is 3.40. The second-order valence-electron chi connectivity index (χ2n) is 8.87. The second-order valence-corrected chi connectivity index (χ2v) is 10.6. The summed E-state index contributed by atoms with van der Waals surface area (Å²) in [5, 5.41) is 3.54. The molecule has 0 aromatic heterocycles. The minimum absolute atomic E-state index is 0.0439. The zero-order chi connectivity index (χ0) is 31.6. The fourth-order valence-corrected chi connectivity index (χ4v) is 4.48. The van der Waals surface area contributed by atoms with Crippen molar-refractivity contribution in [2.24, 2.45) is 0 Å². The van der Waals surface area contributed by atoms with Crippen molar-refractivity contribution in [1.29, 1.82) is 0 Å². The molecule has 0 aliphatic carbocycles. The van der Waals surface area contributed by atoms with Crippen molar-refractivity contribution >= 4 is 39.0 Å². The van der Waals surface area contributed by atoms with Crippen molar-refractivity contribution in [2.45, 2.75) is 32.1 Å². The first kappa shape index (κ1) is 32.3. The minimum atomic E-state index is -5.81. The van der Waals surface area contributed by atoms with E-state index in [1.54, 1.807) is 13.8 Å². The smallest absolute Gasteiger partial charge is 0.404 e. The number of sulfonamides is 1. The maximum Gasteiger partial charge on any atom is 0.404 e. The van der Waals surface area contributed by atoms with Crippen molar-refractivity contribution in [3.63, 3.8) is 0 Å². The second kappa shape index (κ2) is 12.0. The van der Waals surface area contributed by atoms with E-state index in [4.69, 9.17) is 9.47 Å². The fourth-order valence-electron chi connectivity index (χ4n) is 3.93. The Labute approximate surface area is 235 Å². The fraction of sp³-hybridized carbons (Fsp3) is 0.333. The first-order valence-electron chi connectivity index (χ1n) is 11.8. The zero-order valence-electron chi connectivity index (χ0n) is 22.3. The minimum Gasteiger partial charge on any atom is -0.492 e. The lowest BCUT2D eigenvalue weighted by molar-refractivity contribution is -0.253. The highest BCUT2D eigenvalue weighted by Gasteiger charge is 2.57. The van der Waals surface area contributed by atoms with E-state index >= 15 is 0 Å².